The third-order valence-corrected chi connectivity index (χ3v) is 23.9. The molecule has 0 spiro atoms. The summed E-state index contributed by atoms with van der Waals surface area (Å²) in [4.78, 5) is 73.4. The number of aliphatic hydroxyl groups excluding tert-OH is 1. The van der Waals surface area contributed by atoms with Crippen molar-refractivity contribution < 1.29 is 80.2 Å². The van der Waals surface area contributed by atoms with E-state index in [1.165, 1.54) is 334 Å². The van der Waals surface area contributed by atoms with Crippen molar-refractivity contribution in [3.8, 4) is 0 Å². The number of ether oxygens (including phenoxy) is 4. The van der Waals surface area contributed by atoms with E-state index in [9.17, 15) is 43.2 Å². The number of unbranched alkanes of at least 4 members (excludes halogenated alkanes) is 65. The monoisotopic (exact) mass is 1630 g/mol. The zero-order valence-corrected chi connectivity index (χ0v) is 75.6. The molecule has 5 atom stereocenters. The molecule has 0 fully saturated rings. The summed E-state index contributed by atoms with van der Waals surface area (Å²) in [7, 11) is -9.93. The third kappa shape index (κ3) is 85.9. The lowest BCUT2D eigenvalue weighted by Gasteiger charge is -2.21. The number of hydrogen-bond donors (Lipinski definition) is 3. The molecular weight excluding hydrogens is 1450 g/mol. The number of carbonyl (C=O) groups is 4. The molecule has 0 aromatic carbocycles. The normalized spacial score (nSPS) is 13.7. The second-order valence-electron chi connectivity index (χ2n) is 33.9. The van der Waals surface area contributed by atoms with E-state index in [4.69, 9.17) is 37.0 Å². The molecule has 0 saturated heterocycles. The molecule has 0 aliphatic heterocycles. The molecule has 0 aromatic heterocycles. The maximum Gasteiger partial charge on any atom is 0.472 e. The van der Waals surface area contributed by atoms with E-state index in [0.717, 1.165) is 95.8 Å². The highest BCUT2D eigenvalue weighted by Gasteiger charge is 2.31. The molecule has 0 aliphatic carbocycles. The van der Waals surface area contributed by atoms with Gasteiger partial charge in [-0.2, -0.15) is 0 Å². The van der Waals surface area contributed by atoms with Crippen LogP contribution in [0.3, 0.4) is 0 Å². The molecule has 0 amide bonds. The predicted molar refractivity (Wildman–Crippen MR) is 465 cm³/mol. The SMILES string of the molecule is CCCCCCCCCCCCCCCCCCCCCCCC(=O)OC[C@H](COP(=O)(O)OC[C@@H](O)COP(=O)(O)OC[C@@H](COC(=O)CCCCCCCCCCC)OC(=O)CCCCCCCCCCCCCCCCCCCCCCC)OC(=O)CCCCCCCCCCCCCCCCCCCCC(C)C. The fourth-order valence-electron chi connectivity index (χ4n) is 14.7. The minimum atomic E-state index is -4.97. The van der Waals surface area contributed by atoms with E-state index in [0.29, 0.717) is 25.7 Å². The van der Waals surface area contributed by atoms with Gasteiger partial charge in [-0.05, 0) is 31.6 Å². The van der Waals surface area contributed by atoms with Crippen molar-refractivity contribution in [1.29, 1.82) is 0 Å². The number of rotatable bonds is 93. The van der Waals surface area contributed by atoms with Gasteiger partial charge in [0.15, 0.2) is 12.2 Å². The maximum atomic E-state index is 13.2. The highest BCUT2D eigenvalue weighted by Crippen LogP contribution is 2.45. The van der Waals surface area contributed by atoms with Crippen LogP contribution >= 0.6 is 15.6 Å². The molecule has 0 heterocycles. The van der Waals surface area contributed by atoms with Crippen LogP contribution in [0.15, 0.2) is 0 Å². The summed E-state index contributed by atoms with van der Waals surface area (Å²) in [6.07, 6.45) is 82.3. The summed E-state index contributed by atoms with van der Waals surface area (Å²) in [5.74, 6) is -1.27. The molecule has 112 heavy (non-hydrogen) atoms. The van der Waals surface area contributed by atoms with Crippen LogP contribution in [0.4, 0.5) is 0 Å². The van der Waals surface area contributed by atoms with Gasteiger partial charge < -0.3 is 33.8 Å². The molecule has 19 heteroatoms. The minimum absolute atomic E-state index is 0.109. The van der Waals surface area contributed by atoms with Crippen molar-refractivity contribution in [2.24, 2.45) is 5.92 Å². The van der Waals surface area contributed by atoms with E-state index < -0.39 is 97.5 Å². The summed E-state index contributed by atoms with van der Waals surface area (Å²) in [5, 5.41) is 10.7. The molecule has 0 saturated carbocycles. The number of hydrogen-bond acceptors (Lipinski definition) is 15. The van der Waals surface area contributed by atoms with Gasteiger partial charge in [-0.25, -0.2) is 9.13 Å². The molecule has 0 aliphatic rings. The van der Waals surface area contributed by atoms with Gasteiger partial charge in [-0.15, -0.1) is 0 Å². The Morgan fingerprint density at radius 2 is 0.411 bits per heavy atom. The maximum absolute atomic E-state index is 13.2. The molecule has 0 aromatic rings. The average molecular weight is 1630 g/mol. The number of aliphatic hydroxyl groups is 1. The third-order valence-electron chi connectivity index (χ3n) is 22.0. The largest absolute Gasteiger partial charge is 0.472 e. The molecule has 0 bridgehead atoms. The van der Waals surface area contributed by atoms with E-state index in [-0.39, 0.29) is 25.7 Å². The van der Waals surface area contributed by atoms with Gasteiger partial charge in [0.25, 0.3) is 0 Å². The molecule has 0 radical (unpaired) electrons. The van der Waals surface area contributed by atoms with Gasteiger partial charge >= 0.3 is 39.5 Å². The predicted octanol–water partition coefficient (Wildman–Crippen LogP) is 29.1. The number of esters is 4. The van der Waals surface area contributed by atoms with Crippen LogP contribution < -0.4 is 0 Å². The summed E-state index contributed by atoms with van der Waals surface area (Å²) in [6.45, 7) is 7.42. The van der Waals surface area contributed by atoms with Crippen LogP contribution in [0.1, 0.15) is 510 Å². The van der Waals surface area contributed by atoms with E-state index in [1.54, 1.807) is 0 Å². The van der Waals surface area contributed by atoms with Crippen molar-refractivity contribution in [3.05, 3.63) is 0 Å². The Hall–Kier alpha value is -1.94. The highest BCUT2D eigenvalue weighted by molar-refractivity contribution is 7.47. The average Bonchev–Trinajstić information content (AvgIpc) is 0.897. The van der Waals surface area contributed by atoms with E-state index in [2.05, 4.69) is 34.6 Å². The first-order valence-corrected chi connectivity index (χ1v) is 51.1. The zero-order chi connectivity index (χ0) is 81.8. The summed E-state index contributed by atoms with van der Waals surface area (Å²) >= 11 is 0. The zero-order valence-electron chi connectivity index (χ0n) is 73.8. The summed E-state index contributed by atoms with van der Waals surface area (Å²) in [5.41, 5.74) is 0. The minimum Gasteiger partial charge on any atom is -0.462 e. The Labute approximate surface area is 689 Å². The van der Waals surface area contributed by atoms with Gasteiger partial charge in [-0.1, -0.05) is 458 Å². The van der Waals surface area contributed by atoms with Crippen molar-refractivity contribution in [2.45, 2.75) is 528 Å². The Balaban J connectivity index is 5.18. The van der Waals surface area contributed by atoms with Gasteiger partial charge in [-0.3, -0.25) is 37.3 Å². The number of phosphoric acid groups is 2. The van der Waals surface area contributed by atoms with Crippen LogP contribution in [0.5, 0.6) is 0 Å². The number of carbonyl (C=O) groups excluding carboxylic acids is 4. The van der Waals surface area contributed by atoms with Crippen molar-refractivity contribution >= 4 is 39.5 Å². The molecule has 17 nitrogen and oxygen atoms in total. The van der Waals surface area contributed by atoms with Gasteiger partial charge in [0.2, 0.25) is 0 Å². The Morgan fingerprint density at radius 1 is 0.241 bits per heavy atom. The second kappa shape index (κ2) is 85.5. The molecule has 666 valence electrons. The van der Waals surface area contributed by atoms with Gasteiger partial charge in [0.05, 0.1) is 26.4 Å². The first-order valence-electron chi connectivity index (χ1n) is 48.1. The fourth-order valence-corrected chi connectivity index (χ4v) is 16.3. The smallest absolute Gasteiger partial charge is 0.462 e. The van der Waals surface area contributed by atoms with Crippen molar-refractivity contribution in [2.75, 3.05) is 39.6 Å². The first-order chi connectivity index (χ1) is 54.5. The quantitative estimate of drug-likeness (QED) is 0.0222. The van der Waals surface area contributed by atoms with Crippen LogP contribution in [-0.2, 0) is 65.4 Å². The van der Waals surface area contributed by atoms with E-state index >= 15 is 0 Å². The second-order valence-corrected chi connectivity index (χ2v) is 36.8. The number of phosphoric ester groups is 2. The lowest BCUT2D eigenvalue weighted by molar-refractivity contribution is -0.161. The summed E-state index contributed by atoms with van der Waals surface area (Å²) < 4.78 is 69.1. The van der Waals surface area contributed by atoms with Crippen LogP contribution in [-0.4, -0.2) is 96.7 Å². The van der Waals surface area contributed by atoms with Gasteiger partial charge in [0.1, 0.15) is 19.3 Å². The van der Waals surface area contributed by atoms with Crippen molar-refractivity contribution in [3.63, 3.8) is 0 Å². The molecule has 3 N–H and O–H groups in total. The summed E-state index contributed by atoms with van der Waals surface area (Å²) in [6, 6.07) is 0. The first kappa shape index (κ1) is 110. The topological polar surface area (TPSA) is 237 Å². The van der Waals surface area contributed by atoms with Gasteiger partial charge in [0, 0.05) is 25.7 Å². The Bertz CT molecular complexity index is 2120. The lowest BCUT2D eigenvalue weighted by atomic mass is 10.0. The van der Waals surface area contributed by atoms with E-state index in [1.807, 2.05) is 0 Å². The standard InChI is InChI=1S/C93H182O17P2/c1-6-9-12-15-18-21-23-25-27-29-31-33-35-40-44-48-52-57-62-67-72-77-91(96)104-83-89(110-93(98)79-74-69-64-59-54-50-46-42-38-37-39-43-47-51-56-60-65-70-75-86(4)5)85-108-112(101,102)106-81-87(94)80-105-111(99,100)107-84-88(82-103-90(95)76-71-66-61-55-20-17-14-11-8-3)109-92(97)78-73-68-63-58-53-49-45-41-36-34-32-30-28-26-24-22-19-16-13-10-7-2/h86-89,94H,6-85H2,1-5H3,(H,99,100)(H,101,102)/t87-,88+,89+/m0/s1. The highest BCUT2D eigenvalue weighted by atomic mass is 31.2. The Kier molecular flexibility index (Phi) is 84.0. The van der Waals surface area contributed by atoms with Crippen molar-refractivity contribution in [1.82, 2.24) is 0 Å². The molecule has 2 unspecified atom stereocenters. The lowest BCUT2D eigenvalue weighted by Crippen LogP contribution is -2.30. The molecular formula is C93H182O17P2. The molecule has 0 rings (SSSR count). The van der Waals surface area contributed by atoms with Crippen LogP contribution in [0.25, 0.3) is 0 Å². The van der Waals surface area contributed by atoms with Crippen LogP contribution in [0.2, 0.25) is 0 Å². The Morgan fingerprint density at radius 3 is 0.607 bits per heavy atom. The fraction of sp³-hybridized carbons (Fsp3) is 0.957. The van der Waals surface area contributed by atoms with Crippen LogP contribution in [0, 0.1) is 5.92 Å².